The number of halogens is 2. The van der Waals surface area contributed by atoms with Gasteiger partial charge in [-0.1, -0.05) is 17.7 Å². The van der Waals surface area contributed by atoms with Gasteiger partial charge in [0.1, 0.15) is 6.61 Å². The Labute approximate surface area is 116 Å². The molecule has 2 aromatic rings. The molecule has 0 fully saturated rings. The zero-order chi connectivity index (χ0) is 13.8. The number of benzene rings is 1. The summed E-state index contributed by atoms with van der Waals surface area (Å²) in [4.78, 5) is 3.87. The first-order valence-corrected chi connectivity index (χ1v) is 6.22. The van der Waals surface area contributed by atoms with Gasteiger partial charge in [0.05, 0.1) is 5.02 Å². The average molecular weight is 281 g/mol. The molecule has 0 saturated heterocycles. The second-order valence-electron chi connectivity index (χ2n) is 4.23. The van der Waals surface area contributed by atoms with Crippen molar-refractivity contribution in [2.75, 3.05) is 0 Å². The van der Waals surface area contributed by atoms with Crippen LogP contribution in [-0.4, -0.2) is 4.98 Å². The fourth-order valence-electron chi connectivity index (χ4n) is 1.59. The van der Waals surface area contributed by atoms with Gasteiger partial charge >= 0.3 is 0 Å². The molecule has 1 atom stereocenters. The lowest BCUT2D eigenvalue weighted by molar-refractivity contribution is 0.290. The quantitative estimate of drug-likeness (QED) is 0.933. The van der Waals surface area contributed by atoms with Crippen LogP contribution in [0.5, 0.6) is 5.75 Å². The third kappa shape index (κ3) is 3.43. The van der Waals surface area contributed by atoms with Crippen LogP contribution in [0.3, 0.4) is 0 Å². The minimum absolute atomic E-state index is 0.178. The number of hydrogen-bond donors (Lipinski definition) is 1. The van der Waals surface area contributed by atoms with E-state index in [0.717, 1.165) is 11.1 Å². The van der Waals surface area contributed by atoms with E-state index >= 15 is 0 Å². The van der Waals surface area contributed by atoms with E-state index in [0.29, 0.717) is 5.02 Å². The molecule has 2 rings (SSSR count). The van der Waals surface area contributed by atoms with E-state index in [4.69, 9.17) is 22.1 Å². The van der Waals surface area contributed by atoms with Crippen LogP contribution >= 0.6 is 11.6 Å². The Morgan fingerprint density at radius 2 is 2.21 bits per heavy atom. The maximum atomic E-state index is 13.8. The minimum Gasteiger partial charge on any atom is -0.486 e. The summed E-state index contributed by atoms with van der Waals surface area (Å²) >= 11 is 5.94. The molecule has 3 nitrogen and oxygen atoms in total. The fourth-order valence-corrected chi connectivity index (χ4v) is 1.77. The van der Waals surface area contributed by atoms with E-state index in [2.05, 4.69) is 4.98 Å². The highest BCUT2D eigenvalue weighted by molar-refractivity contribution is 6.31. The van der Waals surface area contributed by atoms with Crippen LogP contribution in [0.2, 0.25) is 5.02 Å². The fraction of sp³-hybridized carbons (Fsp3) is 0.214. The molecular weight excluding hydrogens is 267 g/mol. The molecule has 0 unspecified atom stereocenters. The molecular formula is C14H14ClFN2O. The Hall–Kier alpha value is -1.65. The SMILES string of the molecule is C[C@H](N)c1ccc(OCc2ccncc2Cl)c(F)c1. The number of nitrogens with two attached hydrogens (primary N) is 1. The number of rotatable bonds is 4. The Balaban J connectivity index is 2.10. The van der Waals surface area contributed by atoms with Crippen LogP contribution in [0.15, 0.2) is 36.7 Å². The molecule has 1 aromatic carbocycles. The van der Waals surface area contributed by atoms with Crippen molar-refractivity contribution in [3.05, 3.63) is 58.6 Å². The summed E-state index contributed by atoms with van der Waals surface area (Å²) < 4.78 is 19.2. The largest absolute Gasteiger partial charge is 0.486 e. The van der Waals surface area contributed by atoms with Gasteiger partial charge in [0.15, 0.2) is 11.6 Å². The van der Waals surface area contributed by atoms with E-state index in [1.165, 1.54) is 12.3 Å². The smallest absolute Gasteiger partial charge is 0.165 e. The molecule has 0 bridgehead atoms. The first-order chi connectivity index (χ1) is 9.08. The molecule has 5 heteroatoms. The number of pyridine rings is 1. The molecule has 0 amide bonds. The molecule has 0 radical (unpaired) electrons. The van der Waals surface area contributed by atoms with Crippen molar-refractivity contribution < 1.29 is 9.13 Å². The predicted molar refractivity (Wildman–Crippen MR) is 72.6 cm³/mol. The van der Waals surface area contributed by atoms with Gasteiger partial charge in [-0.3, -0.25) is 4.98 Å². The van der Waals surface area contributed by atoms with Crippen molar-refractivity contribution in [1.82, 2.24) is 4.98 Å². The predicted octanol–water partition coefficient (Wildman–Crippen LogP) is 3.47. The zero-order valence-electron chi connectivity index (χ0n) is 10.4. The highest BCUT2D eigenvalue weighted by atomic mass is 35.5. The van der Waals surface area contributed by atoms with Gasteiger partial charge in [-0.25, -0.2) is 4.39 Å². The lowest BCUT2D eigenvalue weighted by Crippen LogP contribution is -2.06. The standard InChI is InChI=1S/C14H14ClFN2O/c1-9(17)10-2-3-14(13(16)6-10)19-8-11-4-5-18-7-12(11)15/h2-7,9H,8,17H2,1H3/t9-/m0/s1. The molecule has 2 N–H and O–H groups in total. The van der Waals surface area contributed by atoms with Crippen LogP contribution in [0.1, 0.15) is 24.1 Å². The second kappa shape index (κ2) is 5.99. The van der Waals surface area contributed by atoms with Crippen molar-refractivity contribution in [3.8, 4) is 5.75 Å². The average Bonchev–Trinajstić information content (AvgIpc) is 2.39. The van der Waals surface area contributed by atoms with Crippen molar-refractivity contribution in [1.29, 1.82) is 0 Å². The van der Waals surface area contributed by atoms with Gasteiger partial charge in [-0.15, -0.1) is 0 Å². The molecule has 0 spiro atoms. The van der Waals surface area contributed by atoms with E-state index in [1.54, 1.807) is 31.3 Å². The lowest BCUT2D eigenvalue weighted by Gasteiger charge is -2.11. The Morgan fingerprint density at radius 1 is 1.42 bits per heavy atom. The Morgan fingerprint density at radius 3 is 2.84 bits per heavy atom. The zero-order valence-corrected chi connectivity index (χ0v) is 11.2. The van der Waals surface area contributed by atoms with Gasteiger partial charge in [0.2, 0.25) is 0 Å². The molecule has 1 aromatic heterocycles. The van der Waals surface area contributed by atoms with Crippen LogP contribution in [0.4, 0.5) is 4.39 Å². The van der Waals surface area contributed by atoms with Crippen LogP contribution in [0.25, 0.3) is 0 Å². The third-order valence-electron chi connectivity index (χ3n) is 2.72. The first kappa shape index (κ1) is 13.8. The molecule has 0 aliphatic heterocycles. The van der Waals surface area contributed by atoms with Gasteiger partial charge in [0.25, 0.3) is 0 Å². The van der Waals surface area contributed by atoms with E-state index < -0.39 is 5.82 Å². The van der Waals surface area contributed by atoms with Crippen LogP contribution in [0, 0.1) is 5.82 Å². The molecule has 0 saturated carbocycles. The number of hydrogen-bond acceptors (Lipinski definition) is 3. The van der Waals surface area contributed by atoms with Gasteiger partial charge in [-0.2, -0.15) is 0 Å². The first-order valence-electron chi connectivity index (χ1n) is 5.84. The topological polar surface area (TPSA) is 48.1 Å². The van der Waals surface area contributed by atoms with Crippen molar-refractivity contribution in [2.24, 2.45) is 5.73 Å². The van der Waals surface area contributed by atoms with Crippen molar-refractivity contribution in [2.45, 2.75) is 19.6 Å². The normalized spacial score (nSPS) is 12.2. The summed E-state index contributed by atoms with van der Waals surface area (Å²) in [5, 5.41) is 0.495. The highest BCUT2D eigenvalue weighted by Gasteiger charge is 2.08. The minimum atomic E-state index is -0.431. The number of aromatic nitrogens is 1. The van der Waals surface area contributed by atoms with Crippen LogP contribution < -0.4 is 10.5 Å². The van der Waals surface area contributed by atoms with E-state index in [1.807, 2.05) is 0 Å². The van der Waals surface area contributed by atoms with Gasteiger partial charge in [-0.05, 0) is 30.7 Å². The second-order valence-corrected chi connectivity index (χ2v) is 4.64. The molecule has 0 aliphatic carbocycles. The lowest BCUT2D eigenvalue weighted by atomic mass is 10.1. The Kier molecular flexibility index (Phi) is 4.35. The summed E-state index contributed by atoms with van der Waals surface area (Å²) in [7, 11) is 0. The molecule has 1 heterocycles. The monoisotopic (exact) mass is 280 g/mol. The molecule has 100 valence electrons. The van der Waals surface area contributed by atoms with E-state index in [9.17, 15) is 4.39 Å². The molecule has 0 aliphatic rings. The van der Waals surface area contributed by atoms with Crippen molar-refractivity contribution in [3.63, 3.8) is 0 Å². The summed E-state index contributed by atoms with van der Waals surface area (Å²) in [5.41, 5.74) is 7.17. The van der Waals surface area contributed by atoms with Crippen LogP contribution in [-0.2, 0) is 6.61 Å². The van der Waals surface area contributed by atoms with Gasteiger partial charge in [0, 0.05) is 24.0 Å². The Bertz CT molecular complexity index is 575. The summed E-state index contributed by atoms with van der Waals surface area (Å²) in [6.45, 7) is 1.99. The summed E-state index contributed by atoms with van der Waals surface area (Å²) in [5.74, 6) is -0.253. The van der Waals surface area contributed by atoms with Crippen molar-refractivity contribution >= 4 is 11.6 Å². The number of ether oxygens (including phenoxy) is 1. The summed E-state index contributed by atoms with van der Waals surface area (Å²) in [6, 6.07) is 6.23. The highest BCUT2D eigenvalue weighted by Crippen LogP contribution is 2.23. The maximum Gasteiger partial charge on any atom is 0.165 e. The van der Waals surface area contributed by atoms with E-state index in [-0.39, 0.29) is 18.4 Å². The molecule has 19 heavy (non-hydrogen) atoms. The van der Waals surface area contributed by atoms with Gasteiger partial charge < -0.3 is 10.5 Å². The number of nitrogens with zero attached hydrogens (tertiary/aromatic N) is 1. The third-order valence-corrected chi connectivity index (χ3v) is 3.06. The maximum absolute atomic E-state index is 13.8. The summed E-state index contributed by atoms with van der Waals surface area (Å²) in [6.07, 6.45) is 3.13.